The van der Waals surface area contributed by atoms with Gasteiger partial charge in [0, 0.05) is 38.3 Å². The van der Waals surface area contributed by atoms with Gasteiger partial charge in [-0.2, -0.15) is 0 Å². The lowest BCUT2D eigenvalue weighted by Gasteiger charge is -2.32. The lowest BCUT2D eigenvalue weighted by Crippen LogP contribution is -2.48. The zero-order chi connectivity index (χ0) is 14.8. The minimum absolute atomic E-state index is 0.000819. The minimum Gasteiger partial charge on any atom is -0.339 e. The van der Waals surface area contributed by atoms with Gasteiger partial charge in [-0.25, -0.2) is 4.98 Å². The van der Waals surface area contributed by atoms with Crippen LogP contribution in [0.25, 0.3) is 0 Å². The van der Waals surface area contributed by atoms with Gasteiger partial charge in [-0.05, 0) is 20.0 Å². The van der Waals surface area contributed by atoms with Crippen LogP contribution in [-0.2, 0) is 24.3 Å². The number of hydrogen-bond donors (Lipinski definition) is 1. The summed E-state index contributed by atoms with van der Waals surface area (Å²) in [5, 5.41) is 3.19. The highest BCUT2D eigenvalue weighted by Crippen LogP contribution is 2.06. The van der Waals surface area contributed by atoms with Crippen LogP contribution in [0.3, 0.4) is 0 Å². The number of carbonyl (C=O) groups is 1. The average Bonchev–Trinajstić information content (AvgIpc) is 2.51. The molecule has 114 valence electrons. The van der Waals surface area contributed by atoms with Gasteiger partial charge in [0.05, 0.1) is 12.0 Å². The van der Waals surface area contributed by atoms with Crippen molar-refractivity contribution in [3.05, 3.63) is 27.9 Å². The van der Waals surface area contributed by atoms with E-state index in [1.54, 1.807) is 0 Å². The van der Waals surface area contributed by atoms with E-state index in [0.717, 1.165) is 44.0 Å². The molecule has 0 saturated carbocycles. The fourth-order valence-electron chi connectivity index (χ4n) is 2.80. The fourth-order valence-corrected chi connectivity index (χ4v) is 2.80. The van der Waals surface area contributed by atoms with Gasteiger partial charge in [-0.1, -0.05) is 0 Å². The Morgan fingerprint density at radius 2 is 2.10 bits per heavy atom. The first-order valence-electron chi connectivity index (χ1n) is 7.39. The maximum absolute atomic E-state index is 12.4. The Morgan fingerprint density at radius 3 is 2.86 bits per heavy atom. The van der Waals surface area contributed by atoms with Gasteiger partial charge in [0.15, 0.2) is 0 Å². The molecular formula is C14H21N5O2. The normalized spacial score (nSPS) is 19.4. The minimum atomic E-state index is -0.0658. The van der Waals surface area contributed by atoms with Gasteiger partial charge < -0.3 is 15.1 Å². The van der Waals surface area contributed by atoms with E-state index in [9.17, 15) is 9.59 Å². The maximum Gasteiger partial charge on any atom is 0.257 e. The summed E-state index contributed by atoms with van der Waals surface area (Å²) in [5.74, 6) is 0.000819. The number of piperazine rings is 1. The van der Waals surface area contributed by atoms with Crippen LogP contribution in [0, 0.1) is 0 Å². The molecule has 3 rings (SSSR count). The highest BCUT2D eigenvalue weighted by molar-refractivity contribution is 5.76. The zero-order valence-electron chi connectivity index (χ0n) is 12.3. The first kappa shape index (κ1) is 14.2. The van der Waals surface area contributed by atoms with Crippen LogP contribution in [0.1, 0.15) is 11.3 Å². The van der Waals surface area contributed by atoms with Gasteiger partial charge >= 0.3 is 0 Å². The maximum atomic E-state index is 12.4. The van der Waals surface area contributed by atoms with Crippen molar-refractivity contribution in [2.45, 2.75) is 19.5 Å². The SMILES string of the molecule is CN1CCN(C(=O)Cn2cnc3c(c2=O)CCNC3)CC1. The third-order valence-electron chi connectivity index (χ3n) is 4.23. The Hall–Kier alpha value is -1.73. The Morgan fingerprint density at radius 1 is 1.33 bits per heavy atom. The molecule has 0 bridgehead atoms. The first-order chi connectivity index (χ1) is 10.1. The molecule has 0 spiro atoms. The van der Waals surface area contributed by atoms with Crippen LogP contribution < -0.4 is 10.9 Å². The molecule has 21 heavy (non-hydrogen) atoms. The van der Waals surface area contributed by atoms with E-state index in [0.29, 0.717) is 13.0 Å². The second kappa shape index (κ2) is 5.95. The quantitative estimate of drug-likeness (QED) is 0.730. The van der Waals surface area contributed by atoms with Crippen molar-refractivity contribution in [3.63, 3.8) is 0 Å². The fraction of sp³-hybridized carbons (Fsp3) is 0.643. The lowest BCUT2D eigenvalue weighted by molar-refractivity contribution is -0.133. The van der Waals surface area contributed by atoms with Crippen LogP contribution in [0.4, 0.5) is 0 Å². The van der Waals surface area contributed by atoms with Crippen LogP contribution in [-0.4, -0.2) is 65.0 Å². The number of fused-ring (bicyclic) bond motifs is 1. The largest absolute Gasteiger partial charge is 0.339 e. The molecule has 1 aromatic heterocycles. The molecule has 1 amide bonds. The summed E-state index contributed by atoms with van der Waals surface area (Å²) in [4.78, 5) is 33.0. The van der Waals surface area contributed by atoms with E-state index in [1.807, 2.05) is 11.9 Å². The van der Waals surface area contributed by atoms with Gasteiger partial charge in [0.2, 0.25) is 5.91 Å². The number of likely N-dealkylation sites (N-methyl/N-ethyl adjacent to an activating group) is 1. The van der Waals surface area contributed by atoms with E-state index in [2.05, 4.69) is 15.2 Å². The topological polar surface area (TPSA) is 70.5 Å². The van der Waals surface area contributed by atoms with E-state index in [-0.39, 0.29) is 18.0 Å². The van der Waals surface area contributed by atoms with Crippen molar-refractivity contribution in [3.8, 4) is 0 Å². The predicted octanol–water partition coefficient (Wildman–Crippen LogP) is -1.34. The van der Waals surface area contributed by atoms with Gasteiger partial charge in [-0.15, -0.1) is 0 Å². The summed E-state index contributed by atoms with van der Waals surface area (Å²) in [7, 11) is 2.05. The molecule has 1 saturated heterocycles. The van der Waals surface area contributed by atoms with E-state index in [4.69, 9.17) is 0 Å². The molecular weight excluding hydrogens is 270 g/mol. The Labute approximate surface area is 123 Å². The molecule has 0 unspecified atom stereocenters. The number of nitrogens with one attached hydrogen (secondary N) is 1. The number of aromatic nitrogens is 2. The van der Waals surface area contributed by atoms with Crippen molar-refractivity contribution >= 4 is 5.91 Å². The van der Waals surface area contributed by atoms with Gasteiger partial charge in [0.25, 0.3) is 5.56 Å². The number of nitrogens with zero attached hydrogens (tertiary/aromatic N) is 4. The molecule has 7 nitrogen and oxygen atoms in total. The second-order valence-corrected chi connectivity index (χ2v) is 5.71. The van der Waals surface area contributed by atoms with Crippen LogP contribution >= 0.6 is 0 Å². The molecule has 2 aliphatic heterocycles. The first-order valence-corrected chi connectivity index (χ1v) is 7.39. The van der Waals surface area contributed by atoms with Crippen LogP contribution in [0.15, 0.2) is 11.1 Å². The molecule has 1 fully saturated rings. The van der Waals surface area contributed by atoms with Crippen molar-refractivity contribution in [2.75, 3.05) is 39.8 Å². The second-order valence-electron chi connectivity index (χ2n) is 5.71. The van der Waals surface area contributed by atoms with E-state index < -0.39 is 0 Å². The molecule has 0 atom stereocenters. The van der Waals surface area contributed by atoms with Crippen molar-refractivity contribution in [1.29, 1.82) is 0 Å². The molecule has 7 heteroatoms. The molecule has 2 aliphatic rings. The van der Waals surface area contributed by atoms with Crippen molar-refractivity contribution in [2.24, 2.45) is 0 Å². The highest BCUT2D eigenvalue weighted by atomic mass is 16.2. The molecule has 0 aliphatic carbocycles. The van der Waals surface area contributed by atoms with Crippen molar-refractivity contribution < 1.29 is 4.79 Å². The molecule has 3 heterocycles. The Bertz CT molecular complexity index is 590. The Kier molecular flexibility index (Phi) is 4.03. The Balaban J connectivity index is 1.73. The molecule has 1 aromatic rings. The summed E-state index contributed by atoms with van der Waals surface area (Å²) >= 11 is 0. The molecule has 0 aromatic carbocycles. The number of hydrogen-bond acceptors (Lipinski definition) is 5. The average molecular weight is 291 g/mol. The van der Waals surface area contributed by atoms with Crippen LogP contribution in [0.2, 0.25) is 0 Å². The van der Waals surface area contributed by atoms with E-state index in [1.165, 1.54) is 10.9 Å². The van der Waals surface area contributed by atoms with E-state index >= 15 is 0 Å². The predicted molar refractivity (Wildman–Crippen MR) is 78.0 cm³/mol. The standard InChI is InChI=1S/C14H21N5O2/c1-17-4-6-18(7-5-17)13(20)9-19-10-16-12-8-15-3-2-11(12)14(19)21/h10,15H,2-9H2,1H3. The summed E-state index contributed by atoms with van der Waals surface area (Å²) in [5.41, 5.74) is 1.50. The smallest absolute Gasteiger partial charge is 0.257 e. The summed E-state index contributed by atoms with van der Waals surface area (Å²) in [6.45, 7) is 4.75. The third kappa shape index (κ3) is 2.98. The number of amides is 1. The summed E-state index contributed by atoms with van der Waals surface area (Å²) in [6, 6.07) is 0. The van der Waals surface area contributed by atoms with Gasteiger partial charge in [-0.3, -0.25) is 14.2 Å². The van der Waals surface area contributed by atoms with Gasteiger partial charge in [0.1, 0.15) is 6.54 Å². The summed E-state index contributed by atoms with van der Waals surface area (Å²) < 4.78 is 1.45. The molecule has 1 N–H and O–H groups in total. The zero-order valence-corrected chi connectivity index (χ0v) is 12.3. The molecule has 0 radical (unpaired) electrons. The lowest BCUT2D eigenvalue weighted by atomic mass is 10.1. The third-order valence-corrected chi connectivity index (χ3v) is 4.23. The van der Waals surface area contributed by atoms with Crippen molar-refractivity contribution in [1.82, 2.24) is 24.7 Å². The summed E-state index contributed by atoms with van der Waals surface area (Å²) in [6.07, 6.45) is 2.19. The number of rotatable bonds is 2. The highest BCUT2D eigenvalue weighted by Gasteiger charge is 2.21. The monoisotopic (exact) mass is 291 g/mol. The number of carbonyl (C=O) groups excluding carboxylic acids is 1. The van der Waals surface area contributed by atoms with Crippen LogP contribution in [0.5, 0.6) is 0 Å².